The van der Waals surface area contributed by atoms with Gasteiger partial charge in [-0.25, -0.2) is 14.6 Å². The Morgan fingerprint density at radius 2 is 1.77 bits per heavy atom. The molecule has 0 aliphatic carbocycles. The second-order valence-corrected chi connectivity index (χ2v) is 6.66. The molecule has 10 heteroatoms. The standard InChI is InChI=1S/C20H18F3N7/c1-28-17(12-4-6-13(7-5-12)20(21,22)23)14(10-26-28)16-15-18(29(2)27-16)24-11-25-19(15)30-8-3-9-30/h4-7,10-11H,3,8-9H2,1-2H3/i3D2,8D2,9D2. The monoisotopic (exact) mass is 419 g/mol. The zero-order valence-corrected chi connectivity index (χ0v) is 15.7. The molecule has 5 rings (SSSR count). The third kappa shape index (κ3) is 2.82. The summed E-state index contributed by atoms with van der Waals surface area (Å²) in [5.41, 5.74) is 0.764. The molecular formula is C20H18F3N7. The van der Waals surface area contributed by atoms with Crippen LogP contribution in [0.25, 0.3) is 33.5 Å². The maximum absolute atomic E-state index is 13.1. The van der Waals surface area contributed by atoms with Gasteiger partial charge in [0.05, 0.1) is 22.8 Å². The van der Waals surface area contributed by atoms with Crippen LogP contribution < -0.4 is 4.90 Å². The third-order valence-electron chi connectivity index (χ3n) is 4.83. The quantitative estimate of drug-likeness (QED) is 0.507. The topological polar surface area (TPSA) is 64.7 Å². The number of alkyl halides is 3. The highest BCUT2D eigenvalue weighted by atomic mass is 19.4. The van der Waals surface area contributed by atoms with Gasteiger partial charge >= 0.3 is 6.18 Å². The molecule has 0 bridgehead atoms. The molecule has 30 heavy (non-hydrogen) atoms. The van der Waals surface area contributed by atoms with Gasteiger partial charge < -0.3 is 4.90 Å². The average Bonchev–Trinajstić information content (AvgIpc) is 3.33. The Hall–Kier alpha value is -3.43. The van der Waals surface area contributed by atoms with Gasteiger partial charge in [0.15, 0.2) is 5.65 Å². The van der Waals surface area contributed by atoms with Gasteiger partial charge in [0, 0.05) is 46.4 Å². The smallest absolute Gasteiger partial charge is 0.356 e. The Kier molecular flexibility index (Phi) is 2.83. The molecule has 0 atom stereocenters. The maximum atomic E-state index is 13.1. The molecule has 4 aromatic rings. The van der Waals surface area contributed by atoms with Crippen LogP contribution >= 0.6 is 0 Å². The molecule has 1 saturated heterocycles. The van der Waals surface area contributed by atoms with Crippen LogP contribution in [-0.4, -0.2) is 42.5 Å². The highest BCUT2D eigenvalue weighted by molar-refractivity contribution is 6.02. The molecule has 0 radical (unpaired) electrons. The summed E-state index contributed by atoms with van der Waals surface area (Å²) in [4.78, 5) is 8.89. The van der Waals surface area contributed by atoms with Crippen LogP contribution in [-0.2, 0) is 20.3 Å². The van der Waals surface area contributed by atoms with Gasteiger partial charge in [-0.2, -0.15) is 23.4 Å². The molecule has 0 amide bonds. The van der Waals surface area contributed by atoms with Crippen LogP contribution in [0.15, 0.2) is 36.8 Å². The molecule has 1 fully saturated rings. The first-order valence-corrected chi connectivity index (χ1v) is 8.78. The first kappa shape index (κ1) is 13.0. The summed E-state index contributed by atoms with van der Waals surface area (Å²) >= 11 is 0. The Morgan fingerprint density at radius 1 is 1.03 bits per heavy atom. The van der Waals surface area contributed by atoms with Crippen LogP contribution in [0.4, 0.5) is 19.0 Å². The SMILES string of the molecule is [2H]C1([2H])N(c2ncnc3c2c(-c2cnn(C)c2-c2ccc(C(F)(F)F)cc2)nn3C)C([2H])([2H])C1([2H])[2H]. The summed E-state index contributed by atoms with van der Waals surface area (Å²) in [6, 6.07) is 4.49. The Bertz CT molecular complexity index is 1480. The van der Waals surface area contributed by atoms with Gasteiger partial charge in [-0.1, -0.05) is 12.1 Å². The van der Waals surface area contributed by atoms with E-state index in [0.717, 1.165) is 18.5 Å². The van der Waals surface area contributed by atoms with E-state index in [2.05, 4.69) is 20.2 Å². The number of hydrogen-bond donors (Lipinski definition) is 0. The van der Waals surface area contributed by atoms with E-state index in [9.17, 15) is 13.2 Å². The lowest BCUT2D eigenvalue weighted by Gasteiger charge is -2.32. The van der Waals surface area contributed by atoms with Crippen LogP contribution in [0, 0.1) is 0 Å². The number of nitrogens with zero attached hydrogens (tertiary/aromatic N) is 7. The summed E-state index contributed by atoms with van der Waals surface area (Å²) in [5, 5.41) is 8.84. The second kappa shape index (κ2) is 6.54. The van der Waals surface area contributed by atoms with Gasteiger partial charge in [-0.05, 0) is 18.5 Å². The number of aromatic nitrogens is 6. The normalized spacial score (nSPS) is 22.4. The van der Waals surface area contributed by atoms with Crippen LogP contribution in [0.5, 0.6) is 0 Å². The molecular weight excluding hydrogens is 395 g/mol. The predicted octanol–water partition coefficient (Wildman–Crippen LogP) is 3.66. The van der Waals surface area contributed by atoms with E-state index in [0.29, 0.717) is 21.7 Å². The zero-order chi connectivity index (χ0) is 26.4. The van der Waals surface area contributed by atoms with Crippen molar-refractivity contribution in [2.45, 2.75) is 12.5 Å². The number of rotatable bonds is 3. The van der Waals surface area contributed by atoms with E-state index in [1.807, 2.05) is 0 Å². The van der Waals surface area contributed by atoms with Gasteiger partial charge in [0.25, 0.3) is 0 Å². The minimum absolute atomic E-state index is 0.143. The van der Waals surface area contributed by atoms with Crippen LogP contribution in [0.2, 0.25) is 0 Å². The van der Waals surface area contributed by atoms with E-state index >= 15 is 0 Å². The van der Waals surface area contributed by atoms with E-state index in [1.54, 1.807) is 14.1 Å². The van der Waals surface area contributed by atoms with Crippen molar-refractivity contribution in [3.63, 3.8) is 0 Å². The summed E-state index contributed by atoms with van der Waals surface area (Å²) in [6.45, 7) is -5.48. The van der Waals surface area contributed by atoms with E-state index in [1.165, 1.54) is 27.7 Å². The average molecular weight is 419 g/mol. The number of anilines is 1. The highest BCUT2D eigenvalue weighted by Crippen LogP contribution is 2.39. The maximum Gasteiger partial charge on any atom is 0.416 e. The van der Waals surface area contributed by atoms with Crippen molar-refractivity contribution >= 4 is 16.9 Å². The number of hydrogen-bond acceptors (Lipinski definition) is 5. The van der Waals surface area contributed by atoms with Crippen molar-refractivity contribution in [3.8, 4) is 22.5 Å². The Morgan fingerprint density at radius 3 is 2.47 bits per heavy atom. The molecule has 7 nitrogen and oxygen atoms in total. The van der Waals surface area contributed by atoms with E-state index < -0.39 is 31.1 Å². The molecule has 0 unspecified atom stereocenters. The second-order valence-electron chi connectivity index (χ2n) is 6.66. The van der Waals surface area contributed by atoms with Crippen LogP contribution in [0.1, 0.15) is 20.2 Å². The lowest BCUT2D eigenvalue weighted by molar-refractivity contribution is -0.137. The van der Waals surface area contributed by atoms with Crippen molar-refractivity contribution < 1.29 is 21.4 Å². The van der Waals surface area contributed by atoms with Gasteiger partial charge in [0.2, 0.25) is 0 Å². The molecule has 1 aromatic carbocycles. The van der Waals surface area contributed by atoms with Crippen molar-refractivity contribution in [1.82, 2.24) is 29.5 Å². The molecule has 0 saturated carbocycles. The Labute approximate surface area is 178 Å². The predicted molar refractivity (Wildman–Crippen MR) is 106 cm³/mol. The number of aryl methyl sites for hydroxylation is 2. The Balaban J connectivity index is 1.73. The van der Waals surface area contributed by atoms with Crippen molar-refractivity contribution in [3.05, 3.63) is 42.4 Å². The van der Waals surface area contributed by atoms with Gasteiger partial charge in [-0.15, -0.1) is 0 Å². The van der Waals surface area contributed by atoms with Crippen molar-refractivity contribution in [1.29, 1.82) is 0 Å². The molecule has 0 spiro atoms. The van der Waals surface area contributed by atoms with E-state index in [4.69, 9.17) is 8.22 Å². The number of benzene rings is 1. The fourth-order valence-corrected chi connectivity index (χ4v) is 3.42. The molecule has 1 aliphatic heterocycles. The minimum atomic E-state index is -4.50. The molecule has 154 valence electrons. The van der Waals surface area contributed by atoms with Crippen molar-refractivity contribution in [2.24, 2.45) is 14.1 Å². The summed E-state index contributed by atoms with van der Waals surface area (Å²) in [7, 11) is 3.16. The summed E-state index contributed by atoms with van der Waals surface area (Å²) < 4.78 is 90.7. The largest absolute Gasteiger partial charge is 0.416 e. The number of fused-ring (bicyclic) bond motifs is 1. The first-order chi connectivity index (χ1) is 16.6. The van der Waals surface area contributed by atoms with E-state index in [-0.39, 0.29) is 22.5 Å². The number of halogens is 3. The van der Waals surface area contributed by atoms with Gasteiger partial charge in [0.1, 0.15) is 17.8 Å². The molecule has 3 aromatic heterocycles. The van der Waals surface area contributed by atoms with Crippen LogP contribution in [0.3, 0.4) is 0 Å². The first-order valence-electron chi connectivity index (χ1n) is 11.8. The zero-order valence-electron chi connectivity index (χ0n) is 21.7. The fourth-order valence-electron chi connectivity index (χ4n) is 3.42. The molecule has 1 aliphatic rings. The van der Waals surface area contributed by atoms with Gasteiger partial charge in [-0.3, -0.25) is 4.68 Å². The summed E-state index contributed by atoms with van der Waals surface area (Å²) in [5.74, 6) is -0.213. The molecule has 4 heterocycles. The minimum Gasteiger partial charge on any atom is -0.356 e. The molecule has 0 N–H and O–H groups in total. The summed E-state index contributed by atoms with van der Waals surface area (Å²) in [6.07, 6.45) is -4.80. The highest BCUT2D eigenvalue weighted by Gasteiger charge is 2.31. The lowest BCUT2D eigenvalue weighted by Crippen LogP contribution is -2.37. The third-order valence-corrected chi connectivity index (χ3v) is 4.83. The fraction of sp³-hybridized carbons (Fsp3) is 0.300. The van der Waals surface area contributed by atoms with Crippen molar-refractivity contribution in [2.75, 3.05) is 17.9 Å². The lowest BCUT2D eigenvalue weighted by atomic mass is 10.0.